The third-order valence-electron chi connectivity index (χ3n) is 10.4. The number of quaternary nitrogens is 1. The molecule has 63 heavy (non-hydrogen) atoms. The number of halogens is 3. The van der Waals surface area contributed by atoms with Crippen molar-refractivity contribution in [2.75, 3.05) is 97.8 Å². The number of benzene rings is 3. The van der Waals surface area contributed by atoms with E-state index in [1.807, 2.05) is 64.1 Å². The molecule has 0 saturated heterocycles. The van der Waals surface area contributed by atoms with Crippen LogP contribution < -0.4 is 19.6 Å². The predicted molar refractivity (Wildman–Crippen MR) is 234 cm³/mol. The van der Waals surface area contributed by atoms with Gasteiger partial charge in [-0.3, -0.25) is 0 Å². The van der Waals surface area contributed by atoms with E-state index >= 15 is 0 Å². The first kappa shape index (κ1) is 49.6. The van der Waals surface area contributed by atoms with E-state index in [1.54, 1.807) is 6.20 Å². The number of nitrogens with one attached hydrogen (secondary N) is 1. The molecule has 5 rings (SSSR count). The lowest BCUT2D eigenvalue weighted by Gasteiger charge is -2.33. The topological polar surface area (TPSA) is 181 Å². The first-order valence-corrected chi connectivity index (χ1v) is 23.8. The van der Waals surface area contributed by atoms with Gasteiger partial charge in [-0.25, -0.2) is 30.8 Å². The van der Waals surface area contributed by atoms with Crippen LogP contribution in [0.1, 0.15) is 33.4 Å². The minimum absolute atomic E-state index is 0.0205. The second-order valence-corrected chi connectivity index (χ2v) is 18.6. The second kappa shape index (κ2) is 21.5. The molecule has 0 atom stereocenters. The van der Waals surface area contributed by atoms with Crippen LogP contribution in [0.2, 0.25) is 0 Å². The summed E-state index contributed by atoms with van der Waals surface area (Å²) in [4.78, 5) is 1.05. The first-order chi connectivity index (χ1) is 29.8. The molecule has 0 bridgehead atoms. The zero-order valence-corrected chi connectivity index (χ0v) is 38.2. The van der Waals surface area contributed by atoms with Gasteiger partial charge in [-0.1, -0.05) is 11.3 Å². The van der Waals surface area contributed by atoms with Gasteiger partial charge in [-0.05, 0) is 58.0 Å². The highest BCUT2D eigenvalue weighted by Gasteiger charge is 2.34. The van der Waals surface area contributed by atoms with E-state index in [1.165, 1.54) is 30.9 Å². The highest BCUT2D eigenvalue weighted by molar-refractivity contribution is 7.89. The monoisotopic (exact) mass is 923 g/mol. The van der Waals surface area contributed by atoms with E-state index in [2.05, 4.69) is 24.5 Å². The first-order valence-electron chi connectivity index (χ1n) is 20.9. The van der Waals surface area contributed by atoms with Crippen molar-refractivity contribution in [2.45, 2.75) is 50.6 Å². The molecule has 2 heterocycles. The van der Waals surface area contributed by atoms with Crippen molar-refractivity contribution in [3.05, 3.63) is 71.8 Å². The molecule has 0 spiro atoms. The highest BCUT2D eigenvalue weighted by Crippen LogP contribution is 2.43. The third-order valence-corrected chi connectivity index (χ3v) is 12.7. The Labute approximate surface area is 367 Å². The molecule has 22 heteroatoms. The molecule has 1 N–H and O–H groups in total. The van der Waals surface area contributed by atoms with Crippen LogP contribution in [-0.4, -0.2) is 141 Å². The van der Waals surface area contributed by atoms with Crippen molar-refractivity contribution < 1.29 is 57.4 Å². The van der Waals surface area contributed by atoms with E-state index in [9.17, 15) is 34.3 Å². The van der Waals surface area contributed by atoms with E-state index in [0.717, 1.165) is 43.3 Å². The van der Waals surface area contributed by atoms with Gasteiger partial charge in [-0.2, -0.15) is 0 Å². The van der Waals surface area contributed by atoms with E-state index in [0.29, 0.717) is 40.1 Å². The molecular formula is C41H57BF3N7O9S2. The summed E-state index contributed by atoms with van der Waals surface area (Å²) in [6.07, 6.45) is 0.679. The molecule has 346 valence electrons. The molecule has 1 aliphatic heterocycles. The molecule has 1 aliphatic carbocycles. The summed E-state index contributed by atoms with van der Waals surface area (Å²) < 4.78 is 133. The highest BCUT2D eigenvalue weighted by atomic mass is 32.2. The van der Waals surface area contributed by atoms with Crippen molar-refractivity contribution in [1.82, 2.24) is 24.3 Å². The molecule has 0 amide bonds. The van der Waals surface area contributed by atoms with E-state index in [-0.39, 0.29) is 62.8 Å². The van der Waals surface area contributed by atoms with Crippen LogP contribution in [0.15, 0.2) is 75.0 Å². The van der Waals surface area contributed by atoms with Crippen LogP contribution in [0.3, 0.4) is 0 Å². The number of fused-ring (bicyclic) bond motifs is 2. The zero-order chi connectivity index (χ0) is 46.0. The smallest absolute Gasteiger partial charge is 0.531 e. The van der Waals surface area contributed by atoms with Crippen LogP contribution in [0.4, 0.5) is 18.6 Å². The molecule has 0 fully saturated rings. The Bertz CT molecular complexity index is 2580. The Balaban J connectivity index is 1.18. The van der Waals surface area contributed by atoms with Gasteiger partial charge >= 0.3 is 6.98 Å². The summed E-state index contributed by atoms with van der Waals surface area (Å²) in [6.45, 7) is 7.63. The van der Waals surface area contributed by atoms with Gasteiger partial charge in [-0.15, -0.1) is 5.10 Å². The minimum atomic E-state index is -5.20. The molecule has 3 aromatic rings. The molecular weight excluding hydrogens is 866 g/mol. The Morgan fingerprint density at radius 2 is 1.51 bits per heavy atom. The number of anilines is 1. The number of hydrogen-bond acceptors (Lipinski definition) is 12. The van der Waals surface area contributed by atoms with Gasteiger partial charge in [0.1, 0.15) is 46.8 Å². The SMILES string of the molecule is CCN(CC)c1ccc2c(-c3ccc(S(=O)(=O)NCCOCCOCCOCCn4cc(C[N+](C)(C)C[B-](F)(F)F)nn4)cc3S(=O)(=O)[O-])c3ccc(=[N+](CC)CC)cc-3oc2c1. The predicted octanol–water partition coefficient (Wildman–Crippen LogP) is 4.35. The number of hydrogen-bond donors (Lipinski definition) is 1. The maximum absolute atomic E-state index is 13.4. The quantitative estimate of drug-likeness (QED) is 0.0219. The normalized spacial score (nSPS) is 12.7. The van der Waals surface area contributed by atoms with Crippen molar-refractivity contribution in [3.63, 3.8) is 0 Å². The number of rotatable bonds is 25. The Hall–Kier alpha value is -4.42. The van der Waals surface area contributed by atoms with Gasteiger partial charge in [0.15, 0.2) is 0 Å². The van der Waals surface area contributed by atoms with E-state index in [4.69, 9.17) is 18.6 Å². The van der Waals surface area contributed by atoms with Crippen LogP contribution in [0.25, 0.3) is 33.4 Å². The molecule has 0 unspecified atom stereocenters. The third kappa shape index (κ3) is 13.6. The second-order valence-electron chi connectivity index (χ2n) is 15.5. The van der Waals surface area contributed by atoms with E-state index < -0.39 is 43.4 Å². The number of aromatic nitrogens is 3. The Morgan fingerprint density at radius 3 is 2.14 bits per heavy atom. The number of ether oxygens (including phenoxy) is 3. The molecule has 2 aliphatic rings. The lowest BCUT2D eigenvalue weighted by atomic mass is 9.90. The van der Waals surface area contributed by atoms with Gasteiger partial charge in [0, 0.05) is 59.5 Å². The standard InChI is InChI=1S/C41H57BF3N7O9S2/c1-7-49(8-2)32-11-14-35-38(25-32)61-39-26-33(50(9-3)10-4)12-15-36(39)41(35)37-16-13-34(27-40(37)63(55,56)57)62(53,54)46-17-19-58-21-23-60-24-22-59-20-18-51-28-31(47-48-51)29-52(5,6)30-42(43,44)45/h11-16,25-28,46H,7-10,17-24,29-30H2,1-6H3. The Kier molecular flexibility index (Phi) is 16.9. The molecule has 16 nitrogen and oxygen atoms in total. The van der Waals surface area contributed by atoms with Crippen LogP contribution in [0.5, 0.6) is 0 Å². The van der Waals surface area contributed by atoms with Crippen molar-refractivity contribution in [3.8, 4) is 22.5 Å². The van der Waals surface area contributed by atoms with Crippen molar-refractivity contribution >= 4 is 43.8 Å². The molecule has 0 radical (unpaired) electrons. The fourth-order valence-electron chi connectivity index (χ4n) is 7.43. The van der Waals surface area contributed by atoms with Gasteiger partial charge in [0.2, 0.25) is 15.4 Å². The molecule has 0 saturated carbocycles. The van der Waals surface area contributed by atoms with Gasteiger partial charge in [0.05, 0.1) is 88.8 Å². The largest absolute Gasteiger partial charge is 0.744 e. The fraction of sp³-hybridized carbons (Fsp3) is 0.488. The molecule has 2 aromatic carbocycles. The minimum Gasteiger partial charge on any atom is -0.744 e. The summed E-state index contributed by atoms with van der Waals surface area (Å²) in [5.41, 5.74) is 2.83. The number of sulfonamides is 1. The summed E-state index contributed by atoms with van der Waals surface area (Å²) >= 11 is 0. The average molecular weight is 924 g/mol. The average Bonchev–Trinajstić information content (AvgIpc) is 3.65. The van der Waals surface area contributed by atoms with Crippen LogP contribution >= 0.6 is 0 Å². The zero-order valence-electron chi connectivity index (χ0n) is 36.6. The van der Waals surface area contributed by atoms with Crippen molar-refractivity contribution in [2.24, 2.45) is 0 Å². The van der Waals surface area contributed by atoms with Gasteiger partial charge < -0.3 is 45.5 Å². The van der Waals surface area contributed by atoms with Crippen LogP contribution in [0, 0.1) is 0 Å². The maximum Gasteiger partial charge on any atom is 0.531 e. The number of nitrogens with zero attached hydrogens (tertiary/aromatic N) is 6. The van der Waals surface area contributed by atoms with Gasteiger partial charge in [0.25, 0.3) is 0 Å². The maximum atomic E-state index is 13.4. The fourth-order valence-corrected chi connectivity index (χ4v) is 9.25. The summed E-state index contributed by atoms with van der Waals surface area (Å²) in [6, 6.07) is 14.7. The lowest BCUT2D eigenvalue weighted by molar-refractivity contribution is -0.895. The summed E-state index contributed by atoms with van der Waals surface area (Å²) in [5.74, 6) is 0.467. The van der Waals surface area contributed by atoms with Crippen molar-refractivity contribution in [1.29, 1.82) is 0 Å². The summed E-state index contributed by atoms with van der Waals surface area (Å²) in [5, 5.41) is 9.35. The van der Waals surface area contributed by atoms with Crippen LogP contribution in [-0.2, 0) is 47.4 Å². The lowest BCUT2D eigenvalue weighted by Crippen LogP contribution is -2.48. The Morgan fingerprint density at radius 1 is 0.857 bits per heavy atom. The summed E-state index contributed by atoms with van der Waals surface area (Å²) in [7, 11) is -6.49. The molecule has 1 aromatic heterocycles.